The second kappa shape index (κ2) is 9.08. The number of aryl methyl sites for hydroxylation is 1. The molecule has 0 saturated carbocycles. The number of amides is 1. The normalized spacial score (nSPS) is 10.7. The van der Waals surface area contributed by atoms with Crippen molar-refractivity contribution in [3.05, 3.63) is 52.1 Å². The minimum absolute atomic E-state index is 0.00447. The minimum Gasteiger partial charge on any atom is -0.475 e. The van der Waals surface area contributed by atoms with Crippen molar-refractivity contribution in [2.45, 2.75) is 38.3 Å². The number of carbonyl (C=O) groups is 1. The highest BCUT2D eigenvalue weighted by molar-refractivity contribution is 9.10. The monoisotopic (exact) mass is 408 g/mol. The Hall–Kier alpha value is -1.53. The summed E-state index contributed by atoms with van der Waals surface area (Å²) in [5.74, 6) is 0.996. The summed E-state index contributed by atoms with van der Waals surface area (Å²) in [6.07, 6.45) is 1.83. The fourth-order valence-corrected chi connectivity index (χ4v) is 3.31. The molecule has 0 radical (unpaired) electrons. The van der Waals surface area contributed by atoms with E-state index < -0.39 is 0 Å². The molecule has 1 N–H and O–H groups in total. The van der Waals surface area contributed by atoms with Crippen LogP contribution in [0.25, 0.3) is 0 Å². The number of hydrogen-bond donors (Lipinski definition) is 1. The number of carbonyl (C=O) groups excluding carboxylic acids is 1. The summed E-state index contributed by atoms with van der Waals surface area (Å²) in [6.45, 7) is 6.42. The third kappa shape index (κ3) is 6.17. The average Bonchev–Trinajstić information content (AvgIpc) is 2.53. The van der Waals surface area contributed by atoms with Gasteiger partial charge >= 0.3 is 0 Å². The summed E-state index contributed by atoms with van der Waals surface area (Å²) in [7, 11) is 0. The Balaban J connectivity index is 1.78. The van der Waals surface area contributed by atoms with E-state index in [2.05, 4.69) is 26.2 Å². The topological polar surface area (TPSA) is 51.2 Å². The van der Waals surface area contributed by atoms with E-state index >= 15 is 0 Å². The quantitative estimate of drug-likeness (QED) is 0.691. The summed E-state index contributed by atoms with van der Waals surface area (Å²) < 4.78 is 6.54. The summed E-state index contributed by atoms with van der Waals surface area (Å²) in [5.41, 5.74) is 2.11. The molecule has 0 atom stereocenters. The number of hydrogen-bond acceptors (Lipinski definition) is 4. The molecule has 2 rings (SSSR count). The molecule has 0 aliphatic rings. The van der Waals surface area contributed by atoms with Crippen molar-refractivity contribution < 1.29 is 9.53 Å². The second-order valence-electron chi connectivity index (χ2n) is 5.65. The van der Waals surface area contributed by atoms with Gasteiger partial charge in [0, 0.05) is 28.2 Å². The lowest BCUT2D eigenvalue weighted by Gasteiger charge is -2.10. The lowest BCUT2D eigenvalue weighted by atomic mass is 10.2. The van der Waals surface area contributed by atoms with E-state index in [0.29, 0.717) is 18.2 Å². The van der Waals surface area contributed by atoms with Crippen LogP contribution in [0.1, 0.15) is 25.0 Å². The van der Waals surface area contributed by atoms with E-state index in [4.69, 9.17) is 4.74 Å². The molecule has 1 aromatic heterocycles. The maximum absolute atomic E-state index is 12.0. The molecule has 0 fully saturated rings. The van der Waals surface area contributed by atoms with E-state index in [1.165, 1.54) is 11.8 Å². The van der Waals surface area contributed by atoms with Gasteiger partial charge in [0.05, 0.1) is 11.9 Å². The summed E-state index contributed by atoms with van der Waals surface area (Å²) in [6, 6.07) is 9.79. The van der Waals surface area contributed by atoms with Gasteiger partial charge in [-0.3, -0.25) is 4.79 Å². The van der Waals surface area contributed by atoms with Gasteiger partial charge in [-0.05, 0) is 50.1 Å². The van der Waals surface area contributed by atoms with Crippen molar-refractivity contribution in [2.75, 3.05) is 5.75 Å². The van der Waals surface area contributed by atoms with Crippen LogP contribution in [0.4, 0.5) is 0 Å². The van der Waals surface area contributed by atoms with E-state index in [9.17, 15) is 4.79 Å². The fraction of sp³-hybridized carbons (Fsp3) is 0.333. The standard InChI is InChI=1S/C18H21BrN2O2S/c1-12(2)23-18-7-4-14(10-21-18)9-20-17(22)11-24-16-6-5-15(19)8-13(16)3/h4-8,10,12H,9,11H2,1-3H3,(H,20,22). The molecule has 1 heterocycles. The van der Waals surface area contributed by atoms with Gasteiger partial charge in [0.25, 0.3) is 0 Å². The number of nitrogens with zero attached hydrogens (tertiary/aromatic N) is 1. The van der Waals surface area contributed by atoms with Crippen LogP contribution in [0.5, 0.6) is 5.88 Å². The van der Waals surface area contributed by atoms with Gasteiger partial charge in [-0.2, -0.15) is 0 Å². The van der Waals surface area contributed by atoms with Crippen LogP contribution in [-0.4, -0.2) is 22.7 Å². The first-order valence-corrected chi connectivity index (χ1v) is 9.49. The molecule has 128 valence electrons. The number of nitrogens with one attached hydrogen (secondary N) is 1. The van der Waals surface area contributed by atoms with Crippen LogP contribution in [0.2, 0.25) is 0 Å². The number of benzene rings is 1. The first kappa shape index (κ1) is 18.8. The fourth-order valence-electron chi connectivity index (χ4n) is 2.00. The van der Waals surface area contributed by atoms with Gasteiger partial charge in [0.2, 0.25) is 11.8 Å². The van der Waals surface area contributed by atoms with Gasteiger partial charge in [-0.15, -0.1) is 11.8 Å². The molecule has 2 aromatic rings. The molecule has 1 aromatic carbocycles. The van der Waals surface area contributed by atoms with E-state index in [0.717, 1.165) is 20.5 Å². The number of thioether (sulfide) groups is 1. The molecule has 6 heteroatoms. The Kier molecular flexibility index (Phi) is 7.12. The van der Waals surface area contributed by atoms with Crippen molar-refractivity contribution in [3.8, 4) is 5.88 Å². The van der Waals surface area contributed by atoms with Crippen LogP contribution < -0.4 is 10.1 Å². The first-order chi connectivity index (χ1) is 11.4. The Morgan fingerprint density at radius 2 is 2.12 bits per heavy atom. The number of aromatic nitrogens is 1. The van der Waals surface area contributed by atoms with Gasteiger partial charge < -0.3 is 10.1 Å². The largest absolute Gasteiger partial charge is 0.475 e. The third-order valence-corrected chi connectivity index (χ3v) is 4.81. The maximum atomic E-state index is 12.0. The Bertz CT molecular complexity index is 690. The van der Waals surface area contributed by atoms with E-state index in [1.54, 1.807) is 6.20 Å². The Morgan fingerprint density at radius 1 is 1.33 bits per heavy atom. The highest BCUT2D eigenvalue weighted by Gasteiger charge is 2.06. The molecular formula is C18H21BrN2O2S. The van der Waals surface area contributed by atoms with Gasteiger partial charge in [-0.25, -0.2) is 4.98 Å². The van der Waals surface area contributed by atoms with Gasteiger partial charge in [0.15, 0.2) is 0 Å². The number of ether oxygens (including phenoxy) is 1. The SMILES string of the molecule is Cc1cc(Br)ccc1SCC(=O)NCc1ccc(OC(C)C)nc1. The van der Waals surface area contributed by atoms with Crippen LogP contribution in [-0.2, 0) is 11.3 Å². The highest BCUT2D eigenvalue weighted by Crippen LogP contribution is 2.25. The molecule has 1 amide bonds. The molecule has 0 saturated heterocycles. The first-order valence-electron chi connectivity index (χ1n) is 7.71. The second-order valence-corrected chi connectivity index (χ2v) is 7.58. The Labute approximate surface area is 155 Å². The average molecular weight is 409 g/mol. The molecule has 0 aliphatic carbocycles. The zero-order valence-corrected chi connectivity index (χ0v) is 16.4. The van der Waals surface area contributed by atoms with Crippen LogP contribution in [0, 0.1) is 6.92 Å². The molecule has 0 unspecified atom stereocenters. The summed E-state index contributed by atoms with van der Waals surface area (Å²) >= 11 is 4.98. The predicted molar refractivity (Wildman–Crippen MR) is 101 cm³/mol. The van der Waals surface area contributed by atoms with Crippen molar-refractivity contribution in [1.82, 2.24) is 10.3 Å². The molecule has 0 bridgehead atoms. The highest BCUT2D eigenvalue weighted by atomic mass is 79.9. The van der Waals surface area contributed by atoms with E-state index in [1.807, 2.05) is 51.1 Å². The molecule has 24 heavy (non-hydrogen) atoms. The third-order valence-electron chi connectivity index (χ3n) is 3.14. The smallest absolute Gasteiger partial charge is 0.230 e. The summed E-state index contributed by atoms with van der Waals surface area (Å²) in [5, 5.41) is 2.91. The van der Waals surface area contributed by atoms with Crippen molar-refractivity contribution in [1.29, 1.82) is 0 Å². The number of halogens is 1. The molecule has 0 spiro atoms. The van der Waals surface area contributed by atoms with E-state index in [-0.39, 0.29) is 12.0 Å². The van der Waals surface area contributed by atoms with Gasteiger partial charge in [0.1, 0.15) is 0 Å². The van der Waals surface area contributed by atoms with Crippen molar-refractivity contribution in [2.24, 2.45) is 0 Å². The van der Waals surface area contributed by atoms with Crippen LogP contribution >= 0.6 is 27.7 Å². The maximum Gasteiger partial charge on any atom is 0.230 e. The predicted octanol–water partition coefficient (Wildman–Crippen LogP) is 4.35. The number of pyridine rings is 1. The zero-order chi connectivity index (χ0) is 17.5. The summed E-state index contributed by atoms with van der Waals surface area (Å²) in [4.78, 5) is 17.3. The zero-order valence-electron chi connectivity index (χ0n) is 14.0. The molecular weight excluding hydrogens is 388 g/mol. The van der Waals surface area contributed by atoms with Crippen LogP contribution in [0.15, 0.2) is 45.9 Å². The Morgan fingerprint density at radius 3 is 2.75 bits per heavy atom. The molecule has 0 aliphatic heterocycles. The van der Waals surface area contributed by atoms with Crippen molar-refractivity contribution >= 4 is 33.6 Å². The minimum atomic E-state index is 0.00447. The van der Waals surface area contributed by atoms with Crippen LogP contribution in [0.3, 0.4) is 0 Å². The van der Waals surface area contributed by atoms with Gasteiger partial charge in [-0.1, -0.05) is 22.0 Å². The van der Waals surface area contributed by atoms with Crippen molar-refractivity contribution in [3.63, 3.8) is 0 Å². The number of rotatable bonds is 7. The lowest BCUT2D eigenvalue weighted by Crippen LogP contribution is -2.24. The lowest BCUT2D eigenvalue weighted by molar-refractivity contribution is -0.118. The molecule has 4 nitrogen and oxygen atoms in total.